The number of carbonyl (C=O) groups is 1. The molecule has 0 spiro atoms. The van der Waals surface area contributed by atoms with Gasteiger partial charge in [-0.05, 0) is 30.3 Å². The van der Waals surface area contributed by atoms with Crippen LogP contribution in [0.25, 0.3) is 9.53 Å². The molecule has 4 nitrogen and oxygen atoms in total. The third-order valence-electron chi connectivity index (χ3n) is 2.43. The highest BCUT2D eigenvalue weighted by molar-refractivity contribution is 7.29. The fourth-order valence-corrected chi connectivity index (χ4v) is 3.48. The zero-order valence-corrected chi connectivity index (χ0v) is 11.1. The number of nitrogens with one attached hydrogen (secondary N) is 1. The van der Waals surface area contributed by atoms with E-state index in [4.69, 9.17) is 5.73 Å². The van der Waals surface area contributed by atoms with E-state index in [1.165, 1.54) is 46.9 Å². The number of thiophene rings is 1. The first kappa shape index (κ1) is 12.1. The quantitative estimate of drug-likeness (QED) is 0.761. The Balaban J connectivity index is 1.83. The van der Waals surface area contributed by atoms with Gasteiger partial charge in [0.1, 0.15) is 10.6 Å². The monoisotopic (exact) mass is 293 g/mol. The lowest BCUT2D eigenvalue weighted by Gasteiger charge is -2.02. The second-order valence-corrected chi connectivity index (χ2v) is 5.89. The van der Waals surface area contributed by atoms with E-state index in [-0.39, 0.29) is 11.7 Å². The van der Waals surface area contributed by atoms with Gasteiger partial charge in [-0.25, -0.2) is 9.37 Å². The summed E-state index contributed by atoms with van der Waals surface area (Å²) in [6.07, 6.45) is 0. The largest absolute Gasteiger partial charge is 0.375 e. The zero-order valence-electron chi connectivity index (χ0n) is 9.51. The number of halogens is 1. The third kappa shape index (κ3) is 2.42. The molecule has 7 heteroatoms. The lowest BCUT2D eigenvalue weighted by molar-refractivity contribution is 0.103. The second kappa shape index (κ2) is 4.60. The van der Waals surface area contributed by atoms with E-state index in [0.717, 1.165) is 9.53 Å². The number of benzene rings is 1. The second-order valence-electron chi connectivity index (χ2n) is 3.79. The molecular weight excluding hydrogens is 285 g/mol. The SMILES string of the molecule is Nc1nc2sc(C(=O)Nc3ccc(F)cc3)cc2s1. The molecule has 0 aliphatic carbocycles. The normalized spacial score (nSPS) is 10.8. The number of nitrogen functional groups attached to an aromatic ring is 1. The first-order chi connectivity index (χ1) is 9.11. The van der Waals surface area contributed by atoms with Crippen LogP contribution in [0.15, 0.2) is 30.3 Å². The Morgan fingerprint density at radius 3 is 2.68 bits per heavy atom. The van der Waals surface area contributed by atoms with E-state index in [9.17, 15) is 9.18 Å². The van der Waals surface area contributed by atoms with Gasteiger partial charge in [0.25, 0.3) is 5.91 Å². The highest BCUT2D eigenvalue weighted by Gasteiger charge is 2.13. The van der Waals surface area contributed by atoms with Gasteiger partial charge in [-0.3, -0.25) is 4.79 Å². The molecule has 3 rings (SSSR count). The topological polar surface area (TPSA) is 68.0 Å². The highest BCUT2D eigenvalue weighted by Crippen LogP contribution is 2.31. The Hall–Kier alpha value is -1.99. The number of fused-ring (bicyclic) bond motifs is 1. The molecule has 0 unspecified atom stereocenters. The van der Waals surface area contributed by atoms with Crippen LogP contribution < -0.4 is 11.1 Å². The summed E-state index contributed by atoms with van der Waals surface area (Å²) in [6, 6.07) is 7.38. The van der Waals surface area contributed by atoms with Gasteiger partial charge in [-0.15, -0.1) is 11.3 Å². The Kier molecular flexibility index (Phi) is 2.92. The molecule has 0 saturated heterocycles. The lowest BCUT2D eigenvalue weighted by Crippen LogP contribution is -2.09. The van der Waals surface area contributed by atoms with E-state index in [0.29, 0.717) is 15.7 Å². The van der Waals surface area contributed by atoms with Gasteiger partial charge in [0.2, 0.25) is 0 Å². The van der Waals surface area contributed by atoms with Gasteiger partial charge in [-0.1, -0.05) is 11.3 Å². The number of carbonyl (C=O) groups excluding carboxylic acids is 1. The van der Waals surface area contributed by atoms with Gasteiger partial charge in [0.15, 0.2) is 5.13 Å². The molecule has 3 N–H and O–H groups in total. The van der Waals surface area contributed by atoms with Crippen molar-refractivity contribution in [3.8, 4) is 0 Å². The van der Waals surface area contributed by atoms with Crippen molar-refractivity contribution in [3.63, 3.8) is 0 Å². The molecule has 0 atom stereocenters. The van der Waals surface area contributed by atoms with Crippen LogP contribution in [0.4, 0.5) is 15.2 Å². The Morgan fingerprint density at radius 2 is 2.00 bits per heavy atom. The molecule has 19 heavy (non-hydrogen) atoms. The van der Waals surface area contributed by atoms with Crippen LogP contribution in [-0.4, -0.2) is 10.9 Å². The smallest absolute Gasteiger partial charge is 0.265 e. The Bertz CT molecular complexity index is 717. The highest BCUT2D eigenvalue weighted by atomic mass is 32.1. The van der Waals surface area contributed by atoms with Crippen molar-refractivity contribution in [2.24, 2.45) is 0 Å². The van der Waals surface area contributed by atoms with Crippen LogP contribution >= 0.6 is 22.7 Å². The maximum Gasteiger partial charge on any atom is 0.265 e. The summed E-state index contributed by atoms with van der Waals surface area (Å²) in [5.41, 5.74) is 6.13. The summed E-state index contributed by atoms with van der Waals surface area (Å²) in [7, 11) is 0. The van der Waals surface area contributed by atoms with Crippen LogP contribution in [-0.2, 0) is 0 Å². The molecule has 96 valence electrons. The van der Waals surface area contributed by atoms with Gasteiger partial charge >= 0.3 is 0 Å². The minimum atomic E-state index is -0.339. The molecular formula is C12H8FN3OS2. The lowest BCUT2D eigenvalue weighted by atomic mass is 10.3. The van der Waals surface area contributed by atoms with Crippen molar-refractivity contribution in [1.82, 2.24) is 4.98 Å². The van der Waals surface area contributed by atoms with Crippen LogP contribution in [0.2, 0.25) is 0 Å². The van der Waals surface area contributed by atoms with Crippen LogP contribution in [0.3, 0.4) is 0 Å². The van der Waals surface area contributed by atoms with Crippen LogP contribution in [0.5, 0.6) is 0 Å². The van der Waals surface area contributed by atoms with Crippen molar-refractivity contribution in [2.45, 2.75) is 0 Å². The number of aromatic nitrogens is 1. The van der Waals surface area contributed by atoms with Gasteiger partial charge in [0.05, 0.1) is 9.58 Å². The molecule has 0 radical (unpaired) electrons. The summed E-state index contributed by atoms with van der Waals surface area (Å²) in [5, 5.41) is 3.19. The first-order valence-electron chi connectivity index (χ1n) is 5.34. The summed E-state index contributed by atoms with van der Waals surface area (Å²) in [6.45, 7) is 0. The third-order valence-corrected chi connectivity index (χ3v) is 4.42. The zero-order chi connectivity index (χ0) is 13.4. The number of hydrogen-bond donors (Lipinski definition) is 2. The molecule has 0 aliphatic rings. The molecule has 0 fully saturated rings. The summed E-state index contributed by atoms with van der Waals surface area (Å²) in [5.74, 6) is -0.574. The van der Waals surface area contributed by atoms with E-state index in [1.54, 1.807) is 6.07 Å². The predicted octanol–water partition coefficient (Wildman–Crippen LogP) is 3.33. The number of anilines is 2. The molecule has 2 aromatic heterocycles. The number of thiazole rings is 1. The van der Waals surface area contributed by atoms with Crippen LogP contribution in [0.1, 0.15) is 9.67 Å². The number of hydrogen-bond acceptors (Lipinski definition) is 5. The fourth-order valence-electron chi connectivity index (χ4n) is 1.59. The Morgan fingerprint density at radius 1 is 1.26 bits per heavy atom. The van der Waals surface area contributed by atoms with Crippen molar-refractivity contribution in [1.29, 1.82) is 0 Å². The fraction of sp³-hybridized carbons (Fsp3) is 0. The van der Waals surface area contributed by atoms with Crippen molar-refractivity contribution in [3.05, 3.63) is 41.0 Å². The molecule has 1 amide bonds. The van der Waals surface area contributed by atoms with Crippen molar-refractivity contribution < 1.29 is 9.18 Å². The van der Waals surface area contributed by atoms with Crippen molar-refractivity contribution >= 4 is 48.9 Å². The molecule has 0 saturated carbocycles. The number of nitrogens with zero attached hydrogens (tertiary/aromatic N) is 1. The summed E-state index contributed by atoms with van der Waals surface area (Å²) in [4.78, 5) is 17.4. The molecule has 2 heterocycles. The van der Waals surface area contributed by atoms with Gasteiger partial charge < -0.3 is 11.1 Å². The molecule has 3 aromatic rings. The molecule has 1 aromatic carbocycles. The summed E-state index contributed by atoms with van der Waals surface area (Å²) < 4.78 is 13.6. The van der Waals surface area contributed by atoms with Gasteiger partial charge in [0, 0.05) is 5.69 Å². The Labute approximate surface area is 115 Å². The van der Waals surface area contributed by atoms with E-state index >= 15 is 0 Å². The predicted molar refractivity (Wildman–Crippen MR) is 76.3 cm³/mol. The number of nitrogens with two attached hydrogens (primary N) is 1. The average molecular weight is 293 g/mol. The number of rotatable bonds is 2. The van der Waals surface area contributed by atoms with Gasteiger partial charge in [-0.2, -0.15) is 0 Å². The number of amides is 1. The maximum absolute atomic E-state index is 12.8. The average Bonchev–Trinajstić information content (AvgIpc) is 2.89. The minimum absolute atomic E-state index is 0.236. The first-order valence-corrected chi connectivity index (χ1v) is 6.98. The van der Waals surface area contributed by atoms with Crippen LogP contribution in [0, 0.1) is 5.82 Å². The van der Waals surface area contributed by atoms with E-state index in [1.807, 2.05) is 0 Å². The minimum Gasteiger partial charge on any atom is -0.375 e. The molecule has 0 bridgehead atoms. The standard InChI is InChI=1S/C12H8FN3OS2/c13-6-1-3-7(4-2-6)15-10(17)8-5-9-11(18-8)16-12(14)19-9/h1-5H,(H2,14,16)(H,15,17). The van der Waals surface area contributed by atoms with Crippen molar-refractivity contribution in [2.75, 3.05) is 11.1 Å². The van der Waals surface area contributed by atoms with E-state index < -0.39 is 0 Å². The molecule has 0 aliphatic heterocycles. The summed E-state index contributed by atoms with van der Waals surface area (Å²) >= 11 is 2.63. The maximum atomic E-state index is 12.8. The van der Waals surface area contributed by atoms with E-state index in [2.05, 4.69) is 10.3 Å².